The number of methoxy groups -OCH3 is 2. The summed E-state index contributed by atoms with van der Waals surface area (Å²) >= 11 is 1.71. The van der Waals surface area contributed by atoms with Gasteiger partial charge in [0, 0.05) is 36.4 Å². The Bertz CT molecular complexity index is 796. The molecule has 0 saturated heterocycles. The van der Waals surface area contributed by atoms with Gasteiger partial charge in [-0.1, -0.05) is 20.8 Å². The molecule has 2 N–H and O–H groups in total. The van der Waals surface area contributed by atoms with E-state index in [1.54, 1.807) is 32.6 Å². The van der Waals surface area contributed by atoms with Crippen LogP contribution in [0, 0.1) is 0 Å². The van der Waals surface area contributed by atoms with Crippen LogP contribution in [0.25, 0.3) is 0 Å². The average Bonchev–Trinajstić information content (AvgIpc) is 3.15. The predicted molar refractivity (Wildman–Crippen MR) is 117 cm³/mol. The second-order valence-corrected chi connectivity index (χ2v) is 8.54. The monoisotopic (exact) mass is 404 g/mol. The number of thiazole rings is 1. The lowest BCUT2D eigenvalue weighted by atomic mass is 9.93. The van der Waals surface area contributed by atoms with Gasteiger partial charge in [-0.2, -0.15) is 0 Å². The standard InChI is InChI=1S/C21H32N4O2S/c1-14(16-12-15(26-6)8-9-17(16)27-7)24-20(22-5)23-11-10-19-25-18(13-28-19)21(2,3)4/h8-9,12-14H,10-11H2,1-7H3,(H2,22,23,24). The first-order valence-corrected chi connectivity index (χ1v) is 10.3. The second-order valence-electron chi connectivity index (χ2n) is 7.60. The van der Waals surface area contributed by atoms with Crippen molar-refractivity contribution in [3.8, 4) is 11.5 Å². The van der Waals surface area contributed by atoms with Gasteiger partial charge < -0.3 is 20.1 Å². The number of hydrogen-bond acceptors (Lipinski definition) is 5. The topological polar surface area (TPSA) is 67.8 Å². The molecule has 0 fully saturated rings. The van der Waals surface area contributed by atoms with Gasteiger partial charge in [0.05, 0.1) is 31.0 Å². The minimum Gasteiger partial charge on any atom is -0.497 e. The highest BCUT2D eigenvalue weighted by molar-refractivity contribution is 7.09. The summed E-state index contributed by atoms with van der Waals surface area (Å²) in [6.45, 7) is 9.39. The van der Waals surface area contributed by atoms with Gasteiger partial charge in [0.1, 0.15) is 11.5 Å². The zero-order valence-corrected chi connectivity index (χ0v) is 18.7. The number of benzene rings is 1. The summed E-state index contributed by atoms with van der Waals surface area (Å²) in [5.74, 6) is 2.35. The molecule has 28 heavy (non-hydrogen) atoms. The molecule has 0 aliphatic heterocycles. The fraction of sp³-hybridized carbons (Fsp3) is 0.524. The molecule has 0 spiro atoms. The van der Waals surface area contributed by atoms with Crippen molar-refractivity contribution in [3.05, 3.63) is 39.8 Å². The minimum atomic E-state index is 0.00334. The van der Waals surface area contributed by atoms with E-state index < -0.39 is 0 Å². The van der Waals surface area contributed by atoms with E-state index in [9.17, 15) is 0 Å². The molecule has 0 amide bonds. The minimum absolute atomic E-state index is 0.00334. The van der Waals surface area contributed by atoms with Crippen molar-refractivity contribution in [2.75, 3.05) is 27.8 Å². The lowest BCUT2D eigenvalue weighted by Gasteiger charge is -2.20. The largest absolute Gasteiger partial charge is 0.497 e. The smallest absolute Gasteiger partial charge is 0.191 e. The molecule has 1 atom stereocenters. The Balaban J connectivity index is 1.95. The summed E-state index contributed by atoms with van der Waals surface area (Å²) in [7, 11) is 5.10. The number of guanidine groups is 1. The molecule has 1 aromatic heterocycles. The molecule has 1 aromatic carbocycles. The van der Waals surface area contributed by atoms with Crippen LogP contribution in [0.4, 0.5) is 0 Å². The summed E-state index contributed by atoms with van der Waals surface area (Å²) in [5, 5.41) is 10.1. The zero-order valence-electron chi connectivity index (χ0n) is 17.9. The SMILES string of the molecule is CN=C(NCCc1nc(C(C)(C)C)cs1)NC(C)c1cc(OC)ccc1OC. The van der Waals surface area contributed by atoms with Crippen LogP contribution in [0.1, 0.15) is 50.0 Å². The summed E-state index contributed by atoms with van der Waals surface area (Å²) in [6, 6.07) is 5.79. The predicted octanol–water partition coefficient (Wildman–Crippen LogP) is 3.93. The molecular formula is C21H32N4O2S. The first-order valence-electron chi connectivity index (χ1n) is 9.42. The molecule has 0 aliphatic carbocycles. The Hall–Kier alpha value is -2.28. The lowest BCUT2D eigenvalue weighted by molar-refractivity contribution is 0.394. The van der Waals surface area contributed by atoms with Crippen molar-refractivity contribution < 1.29 is 9.47 Å². The third-order valence-electron chi connectivity index (χ3n) is 4.43. The van der Waals surface area contributed by atoms with Gasteiger partial charge in [-0.05, 0) is 25.1 Å². The maximum atomic E-state index is 5.49. The molecule has 2 rings (SSSR count). The maximum absolute atomic E-state index is 5.49. The van der Waals surface area contributed by atoms with Crippen LogP contribution >= 0.6 is 11.3 Å². The van der Waals surface area contributed by atoms with E-state index in [1.165, 1.54) is 0 Å². The van der Waals surface area contributed by atoms with Gasteiger partial charge in [0.2, 0.25) is 0 Å². The normalized spacial score (nSPS) is 13.2. The van der Waals surface area contributed by atoms with Crippen LogP contribution in [0.3, 0.4) is 0 Å². The van der Waals surface area contributed by atoms with Crippen LogP contribution in [-0.4, -0.2) is 38.8 Å². The van der Waals surface area contributed by atoms with Gasteiger partial charge in [-0.25, -0.2) is 4.98 Å². The fourth-order valence-corrected chi connectivity index (χ4v) is 3.74. The molecule has 0 saturated carbocycles. The third-order valence-corrected chi connectivity index (χ3v) is 5.34. The maximum Gasteiger partial charge on any atom is 0.191 e. The molecule has 0 radical (unpaired) electrons. The molecular weight excluding hydrogens is 372 g/mol. The second kappa shape index (κ2) is 9.78. The highest BCUT2D eigenvalue weighted by atomic mass is 32.1. The Morgan fingerprint density at radius 3 is 2.57 bits per heavy atom. The van der Waals surface area contributed by atoms with E-state index in [1.807, 2.05) is 18.2 Å². The van der Waals surface area contributed by atoms with Gasteiger partial charge in [-0.15, -0.1) is 11.3 Å². The van der Waals surface area contributed by atoms with E-state index in [4.69, 9.17) is 14.5 Å². The van der Waals surface area contributed by atoms with Gasteiger partial charge >= 0.3 is 0 Å². The van der Waals surface area contributed by atoms with Crippen LogP contribution in [0.2, 0.25) is 0 Å². The van der Waals surface area contributed by atoms with Crippen LogP contribution in [-0.2, 0) is 11.8 Å². The van der Waals surface area contributed by atoms with E-state index in [-0.39, 0.29) is 11.5 Å². The third kappa shape index (κ3) is 5.86. The number of ether oxygens (including phenoxy) is 2. The zero-order chi connectivity index (χ0) is 20.7. The molecule has 6 nitrogen and oxygen atoms in total. The quantitative estimate of drug-likeness (QED) is 0.541. The fourth-order valence-electron chi connectivity index (χ4n) is 2.71. The van der Waals surface area contributed by atoms with Crippen molar-refractivity contribution in [1.82, 2.24) is 15.6 Å². The molecule has 1 unspecified atom stereocenters. The van der Waals surface area contributed by atoms with Crippen molar-refractivity contribution in [3.63, 3.8) is 0 Å². The lowest BCUT2D eigenvalue weighted by Crippen LogP contribution is -2.39. The molecule has 0 bridgehead atoms. The number of nitrogens with zero attached hydrogens (tertiary/aromatic N) is 2. The van der Waals surface area contributed by atoms with Crippen LogP contribution in [0.5, 0.6) is 11.5 Å². The van der Waals surface area contributed by atoms with Crippen LogP contribution < -0.4 is 20.1 Å². The highest BCUT2D eigenvalue weighted by Gasteiger charge is 2.17. The highest BCUT2D eigenvalue weighted by Crippen LogP contribution is 2.29. The van der Waals surface area contributed by atoms with Gasteiger partial charge in [-0.3, -0.25) is 4.99 Å². The summed E-state index contributed by atoms with van der Waals surface area (Å²) < 4.78 is 10.8. The van der Waals surface area contributed by atoms with Crippen molar-refractivity contribution in [2.24, 2.45) is 4.99 Å². The molecule has 154 valence electrons. The van der Waals surface area contributed by atoms with E-state index >= 15 is 0 Å². The summed E-state index contributed by atoms with van der Waals surface area (Å²) in [4.78, 5) is 9.07. The first-order chi connectivity index (χ1) is 13.3. The van der Waals surface area contributed by atoms with E-state index in [2.05, 4.69) is 48.7 Å². The summed E-state index contributed by atoms with van der Waals surface area (Å²) in [5.41, 5.74) is 2.25. The van der Waals surface area contributed by atoms with E-state index in [0.29, 0.717) is 0 Å². The Morgan fingerprint density at radius 1 is 1.25 bits per heavy atom. The average molecular weight is 405 g/mol. The number of hydrogen-bond donors (Lipinski definition) is 2. The Morgan fingerprint density at radius 2 is 2.00 bits per heavy atom. The van der Waals surface area contributed by atoms with Gasteiger partial charge in [0.25, 0.3) is 0 Å². The van der Waals surface area contributed by atoms with Crippen molar-refractivity contribution >= 4 is 17.3 Å². The molecule has 2 aromatic rings. The number of nitrogens with one attached hydrogen (secondary N) is 2. The Kier molecular flexibility index (Phi) is 7.69. The molecule has 7 heteroatoms. The van der Waals surface area contributed by atoms with Crippen molar-refractivity contribution in [2.45, 2.75) is 45.6 Å². The van der Waals surface area contributed by atoms with Crippen LogP contribution in [0.15, 0.2) is 28.6 Å². The molecule has 1 heterocycles. The van der Waals surface area contributed by atoms with Gasteiger partial charge in [0.15, 0.2) is 5.96 Å². The molecule has 0 aliphatic rings. The number of rotatable bonds is 7. The Labute approximate surface area is 172 Å². The van der Waals surface area contributed by atoms with Crippen molar-refractivity contribution in [1.29, 1.82) is 0 Å². The van der Waals surface area contributed by atoms with E-state index in [0.717, 1.165) is 46.7 Å². The first kappa shape index (κ1) is 22.0. The number of aliphatic imine (C=N–C) groups is 1. The number of aromatic nitrogens is 1. The summed E-state index contributed by atoms with van der Waals surface area (Å²) in [6.07, 6.45) is 0.859.